The molecule has 0 saturated carbocycles. The van der Waals surface area contributed by atoms with Crippen LogP contribution in [0.5, 0.6) is 5.75 Å². The van der Waals surface area contributed by atoms with Gasteiger partial charge in [0.05, 0.1) is 12.1 Å². The molecule has 0 aromatic heterocycles. The van der Waals surface area contributed by atoms with E-state index < -0.39 is 5.92 Å². The highest BCUT2D eigenvalue weighted by Gasteiger charge is 2.24. The lowest BCUT2D eigenvalue weighted by molar-refractivity contribution is 0.440. The zero-order chi connectivity index (χ0) is 13.2. The van der Waals surface area contributed by atoms with Crippen LogP contribution >= 0.6 is 0 Å². The Kier molecular flexibility index (Phi) is 3.44. The highest BCUT2D eigenvalue weighted by molar-refractivity contribution is 5.51. The van der Waals surface area contributed by atoms with Crippen LogP contribution < -0.4 is 0 Å². The monoisotopic (exact) mass is 228 g/mol. The summed E-state index contributed by atoms with van der Waals surface area (Å²) >= 11 is 0. The van der Waals surface area contributed by atoms with Crippen molar-refractivity contribution >= 4 is 0 Å². The highest BCUT2D eigenvalue weighted by Crippen LogP contribution is 2.37. The molecule has 0 aliphatic carbocycles. The molecule has 1 rings (SSSR count). The topological polar surface area (TPSA) is 67.8 Å². The number of hydrogen-bond acceptors (Lipinski definition) is 3. The SMILES string of the molecule is Cc1cc(C(C#N)C#N)c(O)c(C(C)(C)C)c1. The lowest BCUT2D eigenvalue weighted by Gasteiger charge is -2.23. The van der Waals surface area contributed by atoms with Gasteiger partial charge in [0.1, 0.15) is 5.75 Å². The van der Waals surface area contributed by atoms with Crippen molar-refractivity contribution in [3.63, 3.8) is 0 Å². The van der Waals surface area contributed by atoms with Crippen LogP contribution in [0.1, 0.15) is 43.4 Å². The summed E-state index contributed by atoms with van der Waals surface area (Å²) in [5, 5.41) is 28.0. The minimum Gasteiger partial charge on any atom is -0.507 e. The van der Waals surface area contributed by atoms with Crippen molar-refractivity contribution in [2.45, 2.75) is 39.0 Å². The number of rotatable bonds is 1. The van der Waals surface area contributed by atoms with Crippen molar-refractivity contribution in [2.75, 3.05) is 0 Å². The molecule has 88 valence electrons. The van der Waals surface area contributed by atoms with Crippen LogP contribution in [0.2, 0.25) is 0 Å². The number of hydrogen-bond donors (Lipinski definition) is 1. The molecule has 0 heterocycles. The van der Waals surface area contributed by atoms with Crippen molar-refractivity contribution in [1.82, 2.24) is 0 Å². The van der Waals surface area contributed by atoms with Crippen molar-refractivity contribution in [3.8, 4) is 17.9 Å². The first-order valence-electron chi connectivity index (χ1n) is 5.44. The zero-order valence-corrected chi connectivity index (χ0v) is 10.6. The van der Waals surface area contributed by atoms with Gasteiger partial charge in [-0.25, -0.2) is 0 Å². The average Bonchev–Trinajstić information content (AvgIpc) is 2.22. The van der Waals surface area contributed by atoms with E-state index in [0.29, 0.717) is 5.56 Å². The normalized spacial score (nSPS) is 11.0. The largest absolute Gasteiger partial charge is 0.507 e. The van der Waals surface area contributed by atoms with E-state index in [-0.39, 0.29) is 11.2 Å². The fourth-order valence-corrected chi connectivity index (χ4v) is 1.77. The first kappa shape index (κ1) is 13.1. The third-order valence-electron chi connectivity index (χ3n) is 2.66. The van der Waals surface area contributed by atoms with Gasteiger partial charge in [0.25, 0.3) is 0 Å². The van der Waals surface area contributed by atoms with E-state index in [1.807, 2.05) is 45.9 Å². The van der Waals surface area contributed by atoms with Crippen LogP contribution in [-0.4, -0.2) is 5.11 Å². The average molecular weight is 228 g/mol. The minimum atomic E-state index is -0.920. The Morgan fingerprint density at radius 3 is 2.12 bits per heavy atom. The third kappa shape index (κ3) is 2.57. The number of phenols is 1. The predicted octanol–water partition coefficient (Wildman–Crippen LogP) is 3.13. The molecule has 0 aliphatic heterocycles. The van der Waals surface area contributed by atoms with Gasteiger partial charge < -0.3 is 5.11 Å². The Balaban J connectivity index is 3.51. The second-order valence-electron chi connectivity index (χ2n) is 5.19. The van der Waals surface area contributed by atoms with E-state index >= 15 is 0 Å². The zero-order valence-electron chi connectivity index (χ0n) is 10.6. The molecular formula is C14H16N2O. The van der Waals surface area contributed by atoms with Gasteiger partial charge in [-0.1, -0.05) is 32.4 Å². The molecule has 0 fully saturated rings. The fourth-order valence-electron chi connectivity index (χ4n) is 1.77. The van der Waals surface area contributed by atoms with Crippen molar-refractivity contribution in [2.24, 2.45) is 0 Å². The van der Waals surface area contributed by atoms with Gasteiger partial charge in [-0.2, -0.15) is 10.5 Å². The maximum Gasteiger partial charge on any atom is 0.161 e. The molecule has 0 unspecified atom stereocenters. The molecule has 17 heavy (non-hydrogen) atoms. The van der Waals surface area contributed by atoms with Gasteiger partial charge in [-0.3, -0.25) is 0 Å². The van der Waals surface area contributed by atoms with E-state index in [1.54, 1.807) is 6.07 Å². The molecule has 0 atom stereocenters. The van der Waals surface area contributed by atoms with Crippen molar-refractivity contribution in [1.29, 1.82) is 10.5 Å². The van der Waals surface area contributed by atoms with Crippen LogP contribution in [0.25, 0.3) is 0 Å². The molecule has 0 radical (unpaired) electrons. The maximum atomic E-state index is 10.2. The molecule has 1 N–H and O–H groups in total. The minimum absolute atomic E-state index is 0.0659. The van der Waals surface area contributed by atoms with Gasteiger partial charge in [0.2, 0.25) is 0 Å². The van der Waals surface area contributed by atoms with Gasteiger partial charge in [-0.05, 0) is 24.0 Å². The van der Waals surface area contributed by atoms with Crippen LogP contribution in [-0.2, 0) is 5.41 Å². The van der Waals surface area contributed by atoms with Gasteiger partial charge in [0.15, 0.2) is 5.92 Å². The third-order valence-corrected chi connectivity index (χ3v) is 2.66. The summed E-state index contributed by atoms with van der Waals surface area (Å²) in [4.78, 5) is 0. The molecule has 3 nitrogen and oxygen atoms in total. The standard InChI is InChI=1S/C14H16N2O/c1-9-5-11(10(7-15)8-16)13(17)12(6-9)14(2,3)4/h5-6,10,17H,1-4H3. The Bertz CT molecular complexity index is 499. The molecular weight excluding hydrogens is 212 g/mol. The summed E-state index contributed by atoms with van der Waals surface area (Å²) in [6, 6.07) is 7.38. The second kappa shape index (κ2) is 4.47. The summed E-state index contributed by atoms with van der Waals surface area (Å²) in [6.45, 7) is 7.85. The quantitative estimate of drug-likeness (QED) is 0.802. The predicted molar refractivity (Wildman–Crippen MR) is 65.5 cm³/mol. The number of aryl methyl sites for hydroxylation is 1. The summed E-state index contributed by atoms with van der Waals surface area (Å²) < 4.78 is 0. The number of nitriles is 2. The Hall–Kier alpha value is -2.00. The van der Waals surface area contributed by atoms with Gasteiger partial charge in [-0.15, -0.1) is 0 Å². The molecule has 3 heteroatoms. The van der Waals surface area contributed by atoms with Crippen LogP contribution in [0.3, 0.4) is 0 Å². The van der Waals surface area contributed by atoms with Gasteiger partial charge in [0, 0.05) is 5.56 Å². The Morgan fingerprint density at radius 2 is 1.71 bits per heavy atom. The smallest absolute Gasteiger partial charge is 0.161 e. The van der Waals surface area contributed by atoms with E-state index in [0.717, 1.165) is 11.1 Å². The van der Waals surface area contributed by atoms with Crippen molar-refractivity contribution < 1.29 is 5.11 Å². The number of phenolic OH excluding ortho intramolecular Hbond substituents is 1. The molecule has 0 aliphatic rings. The Morgan fingerprint density at radius 1 is 1.18 bits per heavy atom. The molecule has 0 amide bonds. The number of nitrogens with zero attached hydrogens (tertiary/aromatic N) is 2. The molecule has 0 spiro atoms. The lowest BCUT2D eigenvalue weighted by atomic mass is 9.82. The molecule has 0 saturated heterocycles. The summed E-state index contributed by atoms with van der Waals surface area (Å²) in [5.74, 6) is -0.854. The highest BCUT2D eigenvalue weighted by atomic mass is 16.3. The fraction of sp³-hybridized carbons (Fsp3) is 0.429. The van der Waals surface area contributed by atoms with E-state index in [1.165, 1.54) is 0 Å². The number of benzene rings is 1. The van der Waals surface area contributed by atoms with E-state index in [9.17, 15) is 5.11 Å². The van der Waals surface area contributed by atoms with Gasteiger partial charge >= 0.3 is 0 Å². The Labute approximate surface area is 102 Å². The van der Waals surface area contributed by atoms with Crippen LogP contribution in [0.15, 0.2) is 12.1 Å². The summed E-state index contributed by atoms with van der Waals surface area (Å²) in [6.07, 6.45) is 0. The van der Waals surface area contributed by atoms with Crippen LogP contribution in [0, 0.1) is 29.6 Å². The summed E-state index contributed by atoms with van der Waals surface area (Å²) in [5.41, 5.74) is 1.89. The van der Waals surface area contributed by atoms with E-state index in [2.05, 4.69) is 0 Å². The molecule has 1 aromatic carbocycles. The molecule has 1 aromatic rings. The van der Waals surface area contributed by atoms with Crippen LogP contribution in [0.4, 0.5) is 0 Å². The lowest BCUT2D eigenvalue weighted by Crippen LogP contribution is -2.13. The molecule has 0 bridgehead atoms. The number of aromatic hydroxyl groups is 1. The first-order chi connectivity index (χ1) is 7.81. The second-order valence-corrected chi connectivity index (χ2v) is 5.19. The first-order valence-corrected chi connectivity index (χ1v) is 5.44. The van der Waals surface area contributed by atoms with Crippen molar-refractivity contribution in [3.05, 3.63) is 28.8 Å². The summed E-state index contributed by atoms with van der Waals surface area (Å²) in [7, 11) is 0. The maximum absolute atomic E-state index is 10.2. The van der Waals surface area contributed by atoms with E-state index in [4.69, 9.17) is 10.5 Å².